The SMILES string of the molecule is [V].[V].[V].[V].[V].[V].[V].[V].[V].[V].[V].[V].[V].[V].[V].[V].[V].[V].[V].[V].[V].[V].[V].[V].[V].[V].[V]. The van der Waals surface area contributed by atoms with Gasteiger partial charge in [0.25, 0.3) is 0 Å². The van der Waals surface area contributed by atoms with Gasteiger partial charge in [0, 0.05) is 501 Å². The van der Waals surface area contributed by atoms with Gasteiger partial charge in [0.15, 0.2) is 0 Å². The van der Waals surface area contributed by atoms with Gasteiger partial charge in [0.1, 0.15) is 0 Å². The predicted molar refractivity (Wildman–Crippen MR) is 0 cm³/mol. The monoisotopic (exact) mass is 1380 g/mol. The molecule has 27 heteroatoms. The van der Waals surface area contributed by atoms with Crippen molar-refractivity contribution in [2.75, 3.05) is 0 Å². The van der Waals surface area contributed by atoms with Gasteiger partial charge >= 0.3 is 0 Å². The van der Waals surface area contributed by atoms with Crippen LogP contribution in [0.25, 0.3) is 0 Å². The summed E-state index contributed by atoms with van der Waals surface area (Å²) in [5.74, 6) is 0. The smallest absolute Gasteiger partial charge is 0 e. The van der Waals surface area contributed by atoms with Crippen LogP contribution in [0.15, 0.2) is 0 Å². The molecule has 0 N–H and O–H groups in total. The molecule has 0 aromatic rings. The molecule has 0 saturated carbocycles. The molecule has 0 saturated heterocycles. The van der Waals surface area contributed by atoms with Crippen molar-refractivity contribution in [1.82, 2.24) is 0 Å². The normalized spacial score (nSPS) is 0. The minimum Gasteiger partial charge on any atom is 0 e. The predicted octanol–water partition coefficient (Wildman–Crippen LogP) is -0.0675. The van der Waals surface area contributed by atoms with Crippen LogP contribution in [0.4, 0.5) is 0 Å². The van der Waals surface area contributed by atoms with Crippen molar-refractivity contribution in [1.29, 1.82) is 0 Å². The van der Waals surface area contributed by atoms with Crippen LogP contribution in [0.2, 0.25) is 0 Å². The molecule has 0 heterocycles. The maximum atomic E-state index is 0. The second-order valence-electron chi connectivity index (χ2n) is 0. The molecule has 0 aliphatic rings. The number of hydrogen-bond acceptors (Lipinski definition) is 0. The molecule has 27 heavy (non-hydrogen) atoms. The summed E-state index contributed by atoms with van der Waals surface area (Å²) in [5.41, 5.74) is 0. The van der Waals surface area contributed by atoms with Crippen molar-refractivity contribution in [3.05, 3.63) is 0 Å². The molecule has 0 bridgehead atoms. The Morgan fingerprint density at radius 3 is 0.0370 bits per heavy atom. The molecule has 0 amide bonds. The molecule has 0 atom stereocenters. The molecule has 0 aliphatic carbocycles. The summed E-state index contributed by atoms with van der Waals surface area (Å²) in [6, 6.07) is 0. The summed E-state index contributed by atoms with van der Waals surface area (Å²) in [6.45, 7) is 0. The topological polar surface area (TPSA) is 0 Å². The van der Waals surface area contributed by atoms with Crippen molar-refractivity contribution in [3.8, 4) is 0 Å². The molecule has 0 aromatic heterocycles. The van der Waals surface area contributed by atoms with E-state index in [0.717, 1.165) is 0 Å². The van der Waals surface area contributed by atoms with Crippen LogP contribution in [-0.4, -0.2) is 0 Å². The molecule has 0 aromatic carbocycles. The minimum atomic E-state index is 0. The zero-order chi connectivity index (χ0) is 0. The summed E-state index contributed by atoms with van der Waals surface area (Å²) in [6.07, 6.45) is 0. The Kier molecular flexibility index (Phi) is 3100. The Morgan fingerprint density at radius 2 is 0.0370 bits per heavy atom. The average Bonchev–Trinajstić information content (AvgIpc) is 0. The van der Waals surface area contributed by atoms with Crippen molar-refractivity contribution in [3.63, 3.8) is 0 Å². The third kappa shape index (κ3) is 266. The molecule has 0 spiro atoms. The van der Waals surface area contributed by atoms with Crippen LogP contribution in [-0.2, 0) is 501 Å². The van der Waals surface area contributed by atoms with Crippen molar-refractivity contribution < 1.29 is 501 Å². The zero-order valence-corrected chi connectivity index (χ0v) is 49.8. The first-order valence-electron chi connectivity index (χ1n) is 0. The van der Waals surface area contributed by atoms with Gasteiger partial charge in [-0.05, 0) is 0 Å². The second-order valence-corrected chi connectivity index (χ2v) is 0. The number of rotatable bonds is 0. The summed E-state index contributed by atoms with van der Waals surface area (Å²) in [5, 5.41) is 0. The molecule has 0 aliphatic heterocycles. The van der Waals surface area contributed by atoms with Crippen LogP contribution in [0.5, 0.6) is 0 Å². The Bertz CT molecular complexity index is 0. The maximum absolute atomic E-state index is 0. The van der Waals surface area contributed by atoms with E-state index in [2.05, 4.69) is 0 Å². The summed E-state index contributed by atoms with van der Waals surface area (Å²) >= 11 is 0. The van der Waals surface area contributed by atoms with E-state index in [0.29, 0.717) is 0 Å². The molecular formula is V27. The fourth-order valence-electron chi connectivity index (χ4n) is 0. The van der Waals surface area contributed by atoms with Crippen molar-refractivity contribution in [2.24, 2.45) is 0 Å². The van der Waals surface area contributed by atoms with Gasteiger partial charge in [-0.25, -0.2) is 0 Å². The standard InChI is InChI=1S/27V. The Balaban J connectivity index is 0. The molecule has 135 valence electrons. The average molecular weight is 1380 g/mol. The van der Waals surface area contributed by atoms with E-state index in [1.807, 2.05) is 0 Å². The number of hydrogen-bond donors (Lipinski definition) is 0. The molecule has 0 fully saturated rings. The first kappa shape index (κ1) is 300. The van der Waals surface area contributed by atoms with E-state index in [1.54, 1.807) is 0 Å². The van der Waals surface area contributed by atoms with Gasteiger partial charge < -0.3 is 0 Å². The van der Waals surface area contributed by atoms with Crippen LogP contribution < -0.4 is 0 Å². The third-order valence-corrected chi connectivity index (χ3v) is 0. The van der Waals surface area contributed by atoms with Crippen molar-refractivity contribution in [2.45, 2.75) is 0 Å². The Labute approximate surface area is 488 Å². The van der Waals surface area contributed by atoms with Crippen LogP contribution in [0.3, 0.4) is 0 Å². The van der Waals surface area contributed by atoms with Gasteiger partial charge in [-0.3, -0.25) is 0 Å². The quantitative estimate of drug-likeness (QED) is 0.320. The molecule has 27 radical (unpaired) electrons. The summed E-state index contributed by atoms with van der Waals surface area (Å²) in [4.78, 5) is 0. The van der Waals surface area contributed by atoms with E-state index in [9.17, 15) is 0 Å². The Morgan fingerprint density at radius 1 is 0.0370 bits per heavy atom. The van der Waals surface area contributed by atoms with Gasteiger partial charge in [0.05, 0.1) is 0 Å². The Hall–Kier alpha value is 15.8. The van der Waals surface area contributed by atoms with E-state index >= 15 is 0 Å². The fraction of sp³-hybridized carbons (Fsp3) is 0. The van der Waals surface area contributed by atoms with Crippen LogP contribution in [0, 0.1) is 0 Å². The third-order valence-electron chi connectivity index (χ3n) is 0. The van der Waals surface area contributed by atoms with Crippen molar-refractivity contribution >= 4 is 0 Å². The van der Waals surface area contributed by atoms with Gasteiger partial charge in [0.2, 0.25) is 0 Å². The molecule has 0 nitrogen and oxygen atoms in total. The second kappa shape index (κ2) is 279. The van der Waals surface area contributed by atoms with E-state index in [-0.39, 0.29) is 501 Å². The molecule has 0 unspecified atom stereocenters. The zero-order valence-electron chi connectivity index (χ0n) is 12.1. The van der Waals surface area contributed by atoms with E-state index < -0.39 is 0 Å². The summed E-state index contributed by atoms with van der Waals surface area (Å²) in [7, 11) is 0. The first-order chi connectivity index (χ1) is 0. The van der Waals surface area contributed by atoms with Crippen LogP contribution >= 0.6 is 0 Å². The molecular weight excluding hydrogens is 1380 g/mol. The first-order valence-corrected chi connectivity index (χ1v) is 0. The fourth-order valence-corrected chi connectivity index (χ4v) is 0. The van der Waals surface area contributed by atoms with E-state index in [4.69, 9.17) is 0 Å². The van der Waals surface area contributed by atoms with Gasteiger partial charge in [-0.15, -0.1) is 0 Å². The summed E-state index contributed by atoms with van der Waals surface area (Å²) < 4.78 is 0. The van der Waals surface area contributed by atoms with Gasteiger partial charge in [-0.1, -0.05) is 0 Å². The molecule has 0 rings (SSSR count). The largest absolute Gasteiger partial charge is 0 e. The van der Waals surface area contributed by atoms with E-state index in [1.165, 1.54) is 0 Å². The van der Waals surface area contributed by atoms with Gasteiger partial charge in [-0.2, -0.15) is 0 Å². The van der Waals surface area contributed by atoms with Crippen LogP contribution in [0.1, 0.15) is 0 Å². The maximum Gasteiger partial charge on any atom is 0 e. The minimum absolute atomic E-state index is 0.